The molecule has 0 unspecified atom stereocenters. The van der Waals surface area contributed by atoms with Gasteiger partial charge in [-0.25, -0.2) is 19.2 Å². The van der Waals surface area contributed by atoms with Crippen molar-refractivity contribution in [3.05, 3.63) is 215 Å². The van der Waals surface area contributed by atoms with Crippen molar-refractivity contribution in [3.63, 3.8) is 0 Å². The Morgan fingerprint density at radius 3 is 1.25 bits per heavy atom. The van der Waals surface area contributed by atoms with E-state index in [1.54, 1.807) is 83.5 Å². The first kappa shape index (κ1) is 94.7. The van der Waals surface area contributed by atoms with Crippen molar-refractivity contribution in [2.45, 2.75) is 211 Å². The molecule has 0 saturated carbocycles. The summed E-state index contributed by atoms with van der Waals surface area (Å²) in [4.78, 5) is 121. The summed E-state index contributed by atoms with van der Waals surface area (Å²) >= 11 is 8.20. The van der Waals surface area contributed by atoms with Gasteiger partial charge in [0.15, 0.2) is 34.6 Å². The third-order valence-electron chi connectivity index (χ3n) is 27.0. The number of fused-ring (bicyclic) bond motifs is 18. The molecule has 129 heavy (non-hydrogen) atoms. The normalized spacial score (nSPS) is 23.1. The maximum absolute atomic E-state index is 14.4. The molecule has 4 aliphatic carbocycles. The third-order valence-corrected chi connectivity index (χ3v) is 29.4. The van der Waals surface area contributed by atoms with Gasteiger partial charge in [-0.15, -0.1) is 0 Å². The lowest BCUT2D eigenvalue weighted by molar-refractivity contribution is -0.150. The Morgan fingerprint density at radius 1 is 0.519 bits per heavy atom. The number of piperazine rings is 2. The number of halogens is 1. The van der Waals surface area contributed by atoms with Gasteiger partial charge in [0.05, 0.1) is 63.7 Å². The fourth-order valence-electron chi connectivity index (χ4n) is 21.1. The quantitative estimate of drug-likeness (QED) is 0.0187. The third kappa shape index (κ3) is 18.2. The fraction of sp³-hybridized carbons (Fsp3) is 0.465. The number of hydrogen-bond acceptors (Lipinski definition) is 25. The average Bonchev–Trinajstić information content (AvgIpc) is 1.12. The van der Waals surface area contributed by atoms with E-state index < -0.39 is 89.7 Å². The molecular weight excluding hydrogens is 1700 g/mol. The Morgan fingerprint density at radius 2 is 0.884 bits per heavy atom. The van der Waals surface area contributed by atoms with Crippen LogP contribution in [0.5, 0.6) is 17.2 Å². The van der Waals surface area contributed by atoms with Gasteiger partial charge >= 0.3 is 24.1 Å². The zero-order valence-electron chi connectivity index (χ0n) is 76.5. The second-order valence-corrected chi connectivity index (χ2v) is 39.1. The summed E-state index contributed by atoms with van der Waals surface area (Å²) in [5.41, 5.74) is 17.1. The summed E-state index contributed by atoms with van der Waals surface area (Å²) in [6, 6.07) is 34.8. The van der Waals surface area contributed by atoms with Crippen LogP contribution in [0.3, 0.4) is 0 Å². The number of rotatable bonds is 22. The summed E-state index contributed by atoms with van der Waals surface area (Å²) in [5, 5.41) is 39.2. The number of nitrogens with one attached hydrogen (secondary N) is 2. The van der Waals surface area contributed by atoms with Crippen LogP contribution in [0.2, 0.25) is 0 Å². The number of nitriles is 2. The zero-order valence-corrected chi connectivity index (χ0v) is 78.9. The van der Waals surface area contributed by atoms with Crippen molar-refractivity contribution in [2.24, 2.45) is 0 Å². The van der Waals surface area contributed by atoms with E-state index >= 15 is 0 Å². The lowest BCUT2D eigenvalue weighted by Gasteiger charge is -2.60. The molecule has 4 bridgehead atoms. The minimum absolute atomic E-state index is 0.00187. The molecule has 28 heteroatoms. The van der Waals surface area contributed by atoms with Gasteiger partial charge in [0.2, 0.25) is 0 Å². The highest BCUT2D eigenvalue weighted by Crippen LogP contribution is 2.57. The number of aromatic hydroxyl groups is 1. The molecule has 6 aromatic rings. The SMILES string of the molecule is COCCOCCl.COc1c(C)cc2c(c1C)[C@@H]1[C@@H]3CC4=C(C(=O)C(C)=C(C)C4=O)[C@H](COC(=O)[C@@H](CSCC4c5ccccc5-c5ccccc54)NC(=O)OC(C)(C)C)N3[C@@H](C#N)[C@H](C2)N1C.COc1c(C)cc2c(c1O)[C@@H]1[C@@H]3CC4=C(C(=O)C(C)=C(C)C4=O)[C@H](COC(=O)[C@@H](CSCC4c5ccccc5-c5ccccc54)NC(=O)OC(C)(C)C)N3[C@@H](C#N)[C@H](C2)N1C. The van der Waals surface area contributed by atoms with E-state index in [1.807, 2.05) is 87.4 Å². The first-order chi connectivity index (χ1) is 61.5. The number of likely N-dealkylation sites (N-methyl/N-ethyl adjacent to an activating group) is 2. The van der Waals surface area contributed by atoms with Crippen LogP contribution < -0.4 is 20.1 Å². The molecule has 0 radical (unpaired) electrons. The van der Waals surface area contributed by atoms with E-state index in [0.29, 0.717) is 82.3 Å². The van der Waals surface area contributed by atoms with Crippen molar-refractivity contribution in [1.82, 2.24) is 30.2 Å². The number of carbonyl (C=O) groups is 8. The number of Topliss-reactive ketones (excluding diaryl/α,β-unsaturated/α-hetero) is 4. The molecule has 16 rings (SSSR count). The number of thioether (sulfide) groups is 2. The van der Waals surface area contributed by atoms with Gasteiger partial charge < -0.3 is 53.6 Å². The Kier molecular flexibility index (Phi) is 28.6. The average molecular weight is 1810 g/mol. The summed E-state index contributed by atoms with van der Waals surface area (Å²) in [6.07, 6.45) is -0.129. The predicted molar refractivity (Wildman–Crippen MR) is 494 cm³/mol. The van der Waals surface area contributed by atoms with Gasteiger partial charge in [0.1, 0.15) is 60.4 Å². The first-order valence-corrected chi connectivity index (χ1v) is 46.7. The van der Waals surface area contributed by atoms with Crippen molar-refractivity contribution in [3.8, 4) is 51.6 Å². The Balaban J connectivity index is 0.000000194. The van der Waals surface area contributed by atoms with E-state index in [9.17, 15) is 54.0 Å². The molecule has 2 saturated heterocycles. The number of esters is 2. The summed E-state index contributed by atoms with van der Waals surface area (Å²) in [6.45, 7) is 23.6. The van der Waals surface area contributed by atoms with Gasteiger partial charge in [0, 0.05) is 116 Å². The fourth-order valence-corrected chi connectivity index (χ4v) is 23.6. The van der Waals surface area contributed by atoms with Gasteiger partial charge in [-0.3, -0.25) is 38.8 Å². The molecule has 680 valence electrons. The molecule has 0 spiro atoms. The number of nitrogens with zero attached hydrogens (tertiary/aromatic N) is 6. The first-order valence-electron chi connectivity index (χ1n) is 43.8. The number of carbonyl (C=O) groups excluding carboxylic acids is 8. The number of alkyl halides is 1. The predicted octanol–water partition coefficient (Wildman–Crippen LogP) is 14.9. The molecule has 6 aromatic carbocycles. The second-order valence-electron chi connectivity index (χ2n) is 36.8. The van der Waals surface area contributed by atoms with Crippen LogP contribution in [0.25, 0.3) is 22.3 Å². The van der Waals surface area contributed by atoms with E-state index in [-0.39, 0.29) is 114 Å². The Hall–Kier alpha value is -10.4. The van der Waals surface area contributed by atoms with E-state index in [1.165, 1.54) is 75.1 Å². The minimum atomic E-state index is -1.13. The summed E-state index contributed by atoms with van der Waals surface area (Å²) in [7, 11) is 8.74. The number of aryl methyl sites for hydroxylation is 2. The summed E-state index contributed by atoms with van der Waals surface area (Å²) in [5.74, 6) is 0.422. The highest BCUT2D eigenvalue weighted by molar-refractivity contribution is 7.99. The van der Waals surface area contributed by atoms with Crippen molar-refractivity contribution in [2.75, 3.05) is 90.9 Å². The van der Waals surface area contributed by atoms with Crippen LogP contribution in [0, 0.1) is 43.4 Å². The number of allylic oxidation sites excluding steroid dienone is 4. The lowest BCUT2D eigenvalue weighted by atomic mass is 9.68. The van der Waals surface area contributed by atoms with Crippen LogP contribution in [0.4, 0.5) is 9.59 Å². The van der Waals surface area contributed by atoms with E-state index in [2.05, 4.69) is 104 Å². The topological polar surface area (TPSA) is 315 Å². The van der Waals surface area contributed by atoms with Gasteiger partial charge in [0.25, 0.3) is 0 Å². The molecule has 10 aliphatic rings. The van der Waals surface area contributed by atoms with Gasteiger partial charge in [-0.05, 0) is 208 Å². The molecule has 6 aliphatic heterocycles. The molecule has 6 heterocycles. The Labute approximate surface area is 768 Å². The number of ether oxygens (including phenoxy) is 8. The van der Waals surface area contributed by atoms with Crippen LogP contribution in [0.1, 0.15) is 167 Å². The standard InChI is InChI=1S/C49H54N4O7S.C48H52N4O8S.C4H9ClO2/c1-25-18-29-19-37-39(21-50)53-38(43(52(37)8)41(29)28(4)46(25)58-9)20-34-42(45(55)27(3)26(2)44(34)54)40(53)22-59-47(56)36(51-48(57)60-49(5,6)7)24-61-23-35-32-16-12-10-14-30(32)31-15-11-13-17-33(31)35;1-24-17-27-18-35-37(20-49)52-36(41(51(35)7)39(27)44(55)45(24)58-8)19-32-40(43(54)26(3)25(2)42(32)53)38(52)21-59-46(56)34(50-47(57)60-48(4,5)6)23-61-22-33-30-15-11-9-13-28(30)29-14-10-12-16-31(29)33;1-6-2-3-7-4-5/h10-18,35-40,43H,19-20,22-24H2,1-9H3,(H,51,57);9-17,33-38,41,55H,18-19,21-23H2,1-8H3,(H,50,57);2-4H2,1H3/t36-,37+,38+,39+,40+,43+;34-,35+,36+,37+,38+,41+;/m11./s1. The number of alkyl carbamates (subject to hydrolysis) is 2. The highest BCUT2D eigenvalue weighted by Gasteiger charge is 2.60. The van der Waals surface area contributed by atoms with Crippen LogP contribution in [-0.2, 0) is 70.0 Å². The Bertz CT molecular complexity index is 5280. The molecule has 2 amide bonds. The zero-order chi connectivity index (χ0) is 92.8. The molecule has 12 atom stereocenters. The smallest absolute Gasteiger partial charge is 0.408 e. The van der Waals surface area contributed by atoms with Crippen LogP contribution >= 0.6 is 35.1 Å². The number of methoxy groups -OCH3 is 3. The van der Waals surface area contributed by atoms with Crippen molar-refractivity contribution >= 4 is 82.4 Å². The lowest BCUT2D eigenvalue weighted by Crippen LogP contribution is -2.70. The molecular formula is C101H115ClN8O17S2. The van der Waals surface area contributed by atoms with E-state index in [0.717, 1.165) is 39.1 Å². The second kappa shape index (κ2) is 38.9. The maximum atomic E-state index is 14.4. The van der Waals surface area contributed by atoms with Crippen LogP contribution in [-0.4, -0.2) is 235 Å². The molecule has 3 N–H and O–H groups in total. The maximum Gasteiger partial charge on any atom is 0.408 e. The number of amides is 2. The number of hydrogen-bond donors (Lipinski definition) is 3. The number of benzene rings is 6. The summed E-state index contributed by atoms with van der Waals surface area (Å²) < 4.78 is 44.5. The van der Waals surface area contributed by atoms with Gasteiger partial charge in [-0.2, -0.15) is 34.0 Å². The number of ketones is 4. The van der Waals surface area contributed by atoms with Crippen molar-refractivity contribution < 1.29 is 81.4 Å². The van der Waals surface area contributed by atoms with Crippen LogP contribution in [0.15, 0.2) is 154 Å². The highest BCUT2D eigenvalue weighted by atomic mass is 35.5. The van der Waals surface area contributed by atoms with E-state index in [4.69, 9.17) is 44.8 Å². The molecule has 0 aromatic heterocycles. The molecule has 25 nitrogen and oxygen atoms in total. The van der Waals surface area contributed by atoms with Crippen molar-refractivity contribution in [1.29, 1.82) is 10.5 Å². The van der Waals surface area contributed by atoms with Gasteiger partial charge in [-0.1, -0.05) is 121 Å². The molecule has 2 fully saturated rings. The monoisotopic (exact) mass is 1810 g/mol. The largest absolute Gasteiger partial charge is 0.504 e. The minimum Gasteiger partial charge on any atom is -0.504 e. The number of phenolic OH excluding ortho intramolecular Hbond substituents is 1. The number of phenols is 1.